The number of phosphoric acid groups is 4. The maximum Gasteiger partial charge on any atom is 0.490 e. The second kappa shape index (κ2) is 20.9. The molecule has 416 valence electrons. The lowest BCUT2D eigenvalue weighted by Crippen LogP contribution is -2.46. The van der Waals surface area contributed by atoms with Crippen LogP contribution < -0.4 is 32.5 Å². The number of hydrogen-bond acceptors (Lipinski definition) is 29. The van der Waals surface area contributed by atoms with Crippen LogP contribution in [-0.2, 0) is 71.0 Å². The number of aryl methyl sites for hydroxylation is 1. The van der Waals surface area contributed by atoms with Crippen molar-refractivity contribution in [2.75, 3.05) is 50.8 Å². The number of aliphatic hydroxyl groups excluding tert-OH is 4. The van der Waals surface area contributed by atoms with Crippen LogP contribution in [0.3, 0.4) is 0 Å². The molecule has 0 aromatic carbocycles. The zero-order valence-electron chi connectivity index (χ0n) is 38.9. The lowest BCUT2D eigenvalue weighted by atomic mass is 10.1. The van der Waals surface area contributed by atoms with Crippen molar-refractivity contribution in [3.63, 3.8) is 0 Å². The number of fused-ring (bicyclic) bond motifs is 3. The number of ether oxygens (including phenoxy) is 4. The van der Waals surface area contributed by atoms with Crippen LogP contribution in [0.15, 0.2) is 34.9 Å². The summed E-state index contributed by atoms with van der Waals surface area (Å²) in [7, 11) is -19.4. The van der Waals surface area contributed by atoms with Crippen molar-refractivity contribution in [3.05, 3.63) is 46.0 Å². The van der Waals surface area contributed by atoms with Crippen molar-refractivity contribution in [2.45, 2.75) is 73.6 Å². The molecule has 39 nitrogen and oxygen atoms in total. The number of aromatic nitrogens is 12. The first-order valence-corrected chi connectivity index (χ1v) is 27.6. The van der Waals surface area contributed by atoms with E-state index in [1.807, 2.05) is 0 Å². The molecule has 0 bridgehead atoms. The zero-order chi connectivity index (χ0) is 55.0. The fourth-order valence-corrected chi connectivity index (χ4v) is 12.9. The number of phosphoric ester groups is 3. The third kappa shape index (κ3) is 11.0. The van der Waals surface area contributed by atoms with Gasteiger partial charge in [-0.2, -0.15) is 13.6 Å². The van der Waals surface area contributed by atoms with Gasteiger partial charge in [-0.3, -0.25) is 51.4 Å². The Balaban J connectivity index is 0.868. The molecule has 9 heterocycles. The quantitative estimate of drug-likeness (QED) is 0.0254. The number of nitrogens with two attached hydrogens (primary N) is 2. The number of rotatable bonds is 20. The van der Waals surface area contributed by atoms with Gasteiger partial charge < -0.3 is 75.7 Å². The number of hydrogen-bond donors (Lipinski definition) is 13. The van der Waals surface area contributed by atoms with Crippen LogP contribution in [0.5, 0.6) is 0 Å². The maximum atomic E-state index is 13.7. The molecule has 9 rings (SSSR count). The molecular weight excluding hydrogens is 1110 g/mol. The molecule has 0 saturated carbocycles. The summed E-state index contributed by atoms with van der Waals surface area (Å²) in [6, 6.07) is 0. The van der Waals surface area contributed by atoms with Gasteiger partial charge in [0.25, 0.3) is 17.1 Å². The van der Waals surface area contributed by atoms with Crippen LogP contribution in [0.2, 0.25) is 0 Å². The van der Waals surface area contributed by atoms with Crippen LogP contribution >= 0.6 is 31.3 Å². The van der Waals surface area contributed by atoms with E-state index in [4.69, 9.17) is 48.5 Å². The molecular formula is C33H46N15O24P4+. The molecule has 3 aliphatic rings. The van der Waals surface area contributed by atoms with Gasteiger partial charge in [0, 0.05) is 14.2 Å². The number of H-pyrrole nitrogens is 2. The van der Waals surface area contributed by atoms with Crippen LogP contribution in [0, 0.1) is 0 Å². The van der Waals surface area contributed by atoms with Crippen molar-refractivity contribution >= 4 is 82.5 Å². The van der Waals surface area contributed by atoms with E-state index < -0.39 is 136 Å². The number of methoxy groups -OCH3 is 1. The van der Waals surface area contributed by atoms with Gasteiger partial charge in [0.1, 0.15) is 66.8 Å². The highest BCUT2D eigenvalue weighted by Crippen LogP contribution is 2.68. The van der Waals surface area contributed by atoms with E-state index in [1.165, 1.54) is 35.9 Å². The number of nitrogen functional groups attached to an aromatic ring is 2. The van der Waals surface area contributed by atoms with E-state index in [2.05, 4.69) is 53.8 Å². The van der Waals surface area contributed by atoms with Gasteiger partial charge in [-0.1, -0.05) is 4.98 Å². The van der Waals surface area contributed by atoms with Gasteiger partial charge >= 0.3 is 36.9 Å². The number of aromatic amines is 2. The zero-order valence-corrected chi connectivity index (χ0v) is 42.5. The minimum absolute atomic E-state index is 0.0219. The topological polar surface area (TPSA) is 548 Å². The fraction of sp³-hybridized carbons (Fsp3) is 0.545. The third-order valence-corrected chi connectivity index (χ3v) is 17.0. The second-order valence-electron chi connectivity index (χ2n) is 16.7. The predicted octanol–water partition coefficient (Wildman–Crippen LogP) is -4.25. The van der Waals surface area contributed by atoms with Gasteiger partial charge in [-0.25, -0.2) is 42.8 Å². The van der Waals surface area contributed by atoms with Gasteiger partial charge in [0.15, 0.2) is 41.4 Å². The lowest BCUT2D eigenvalue weighted by molar-refractivity contribution is -0.745. The van der Waals surface area contributed by atoms with Gasteiger partial charge in [0.2, 0.25) is 17.7 Å². The SMILES string of the molecule is CNc1ncnc2c1ncn2[C@@H]1O[C@H](COP(=O)(O)OP(=O)(O)OP(=O)(O)OC[C@@H]2O[C@H]([n+]3cn(C)c4c(=O)[nH]c(N)nc43)C(O)[C@@H]2O)C(OP(=O)(O)OC[C@H]2O[C@@H](n3cnc4c(=O)[nH]c(N)nc43)[C@@H](O)C2O)[C@@H]1OC. The van der Waals surface area contributed by atoms with Crippen molar-refractivity contribution in [1.82, 2.24) is 53.6 Å². The summed E-state index contributed by atoms with van der Waals surface area (Å²) < 4.78 is 109. The monoisotopic (exact) mass is 1160 g/mol. The fourth-order valence-electron chi connectivity index (χ4n) is 8.45. The summed E-state index contributed by atoms with van der Waals surface area (Å²) in [5.74, 6) is -0.373. The van der Waals surface area contributed by atoms with Gasteiger partial charge in [-0.05, 0) is 0 Å². The smallest absolute Gasteiger partial charge is 0.387 e. The van der Waals surface area contributed by atoms with E-state index in [0.29, 0.717) is 0 Å². The van der Waals surface area contributed by atoms with Crippen molar-refractivity contribution < 1.29 is 108 Å². The van der Waals surface area contributed by atoms with E-state index >= 15 is 0 Å². The Morgan fingerprint density at radius 1 is 0.697 bits per heavy atom. The number of imidazole rings is 3. The molecule has 0 aliphatic carbocycles. The maximum absolute atomic E-state index is 13.7. The van der Waals surface area contributed by atoms with Crippen molar-refractivity contribution in [3.8, 4) is 0 Å². The first-order chi connectivity index (χ1) is 35.7. The molecule has 0 radical (unpaired) electrons. The number of anilines is 3. The van der Waals surface area contributed by atoms with E-state index in [-0.39, 0.29) is 51.2 Å². The average Bonchev–Trinajstić information content (AvgIpc) is 4.19. The van der Waals surface area contributed by atoms with Crippen molar-refractivity contribution in [1.29, 1.82) is 0 Å². The van der Waals surface area contributed by atoms with Crippen molar-refractivity contribution in [2.24, 2.45) is 7.05 Å². The Kier molecular flexibility index (Phi) is 15.3. The van der Waals surface area contributed by atoms with Crippen LogP contribution in [0.25, 0.3) is 33.5 Å². The molecule has 15 N–H and O–H groups in total. The minimum atomic E-state index is -6.20. The highest BCUT2D eigenvalue weighted by atomic mass is 31.3. The van der Waals surface area contributed by atoms with Crippen LogP contribution in [0.4, 0.5) is 17.7 Å². The molecule has 3 aliphatic heterocycles. The molecule has 7 unspecified atom stereocenters. The van der Waals surface area contributed by atoms with Gasteiger partial charge in [-0.15, -0.1) is 0 Å². The Bertz CT molecular complexity index is 3490. The molecule has 0 spiro atoms. The average molecular weight is 1160 g/mol. The second-order valence-corrected chi connectivity index (χ2v) is 22.7. The summed E-state index contributed by atoms with van der Waals surface area (Å²) in [4.78, 5) is 96.2. The van der Waals surface area contributed by atoms with Gasteiger partial charge in [0.05, 0.1) is 39.5 Å². The van der Waals surface area contributed by atoms with Crippen LogP contribution in [0.1, 0.15) is 18.7 Å². The summed E-state index contributed by atoms with van der Waals surface area (Å²) in [5.41, 5.74) is 9.73. The lowest BCUT2D eigenvalue weighted by Gasteiger charge is -2.26. The van der Waals surface area contributed by atoms with Crippen LogP contribution in [-0.4, -0.2) is 182 Å². The molecule has 43 heteroatoms. The van der Waals surface area contributed by atoms with E-state index in [9.17, 15) is 67.8 Å². The first kappa shape index (κ1) is 55.6. The molecule has 6 aromatic rings. The van der Waals surface area contributed by atoms with E-state index in [1.54, 1.807) is 0 Å². The highest BCUT2D eigenvalue weighted by molar-refractivity contribution is 7.66. The standard InChI is InChI=1S/C33H45N15O24P4/c1-36-23-14-24(38-7-37-23)46(8-39-14)31-22(63-3)21(70-73(55,56)64-4-11-17(49)19(51)29(67-11)47-9-40-15-25(47)41-32(34)43-27(15)53)13(69-31)6-66-75(59,60)72-76(61,62)71-74(57,58)65-5-12-18(50)20(52)30(68-12)48-10-45(2)16-26(48)42-33(35)44-28(16)54/h7-13,17-22,29-31,49-52H,4-6H2,1-3H3,(H10-,34,35,36,37,38,41,42,43,44,53,54,55,56,57,58,59,60,61,62)/p+1/t11-,12+,13-,17?,18-,19+,20?,21?,22+,29-,30+,31-/m1/s1. The Labute approximate surface area is 421 Å². The Morgan fingerprint density at radius 2 is 1.26 bits per heavy atom. The summed E-state index contributed by atoms with van der Waals surface area (Å²) in [6.45, 7) is -3.38. The predicted molar refractivity (Wildman–Crippen MR) is 244 cm³/mol. The largest absolute Gasteiger partial charge is 0.490 e. The third-order valence-electron chi connectivity index (χ3n) is 11.8. The van der Waals surface area contributed by atoms with E-state index in [0.717, 1.165) is 28.9 Å². The Morgan fingerprint density at radius 3 is 1.92 bits per heavy atom. The molecule has 3 fully saturated rings. The first-order valence-electron chi connectivity index (χ1n) is 21.6. The molecule has 76 heavy (non-hydrogen) atoms. The normalized spacial score (nSPS) is 30.2. The molecule has 3 saturated heterocycles. The number of nitrogens with one attached hydrogen (secondary N) is 3. The summed E-state index contributed by atoms with van der Waals surface area (Å²) >= 11 is 0. The summed E-state index contributed by atoms with van der Waals surface area (Å²) in [6.07, 6.45) is -15.5. The minimum Gasteiger partial charge on any atom is -0.387 e. The highest BCUT2D eigenvalue weighted by Gasteiger charge is 2.54. The molecule has 6 aromatic heterocycles. The molecule has 0 amide bonds. The summed E-state index contributed by atoms with van der Waals surface area (Å²) in [5, 5.41) is 46.0. The number of nitrogens with zero attached hydrogens (tertiary/aromatic N) is 10. The number of aliphatic hydroxyl groups is 4. The Hall–Kier alpha value is -5.15. The molecule has 16 atom stereocenters.